The summed E-state index contributed by atoms with van der Waals surface area (Å²) in [6.45, 7) is 4.56. The number of likely N-dealkylation sites (tertiary alicyclic amines) is 1. The van der Waals surface area contributed by atoms with E-state index in [-0.39, 0.29) is 36.6 Å². The van der Waals surface area contributed by atoms with Crippen molar-refractivity contribution in [2.24, 2.45) is 5.92 Å². The topological polar surface area (TPSA) is 107 Å². The number of hydrogen-bond acceptors (Lipinski definition) is 6. The molecular weight excluding hydrogens is 484 g/mol. The molecule has 5 rings (SSSR count). The summed E-state index contributed by atoms with van der Waals surface area (Å²) in [4.78, 5) is 49.2. The number of rotatable bonds is 7. The molecule has 2 aliphatic rings. The van der Waals surface area contributed by atoms with Crippen LogP contribution in [-0.2, 0) is 22.7 Å². The molecule has 1 N–H and O–H groups in total. The van der Waals surface area contributed by atoms with Crippen LogP contribution in [0.2, 0.25) is 0 Å². The fourth-order valence-corrected chi connectivity index (χ4v) is 5.48. The molecule has 1 saturated heterocycles. The van der Waals surface area contributed by atoms with Crippen LogP contribution in [0.1, 0.15) is 41.8 Å². The third-order valence-corrected chi connectivity index (χ3v) is 7.38. The summed E-state index contributed by atoms with van der Waals surface area (Å²) in [6, 6.07) is 13.5. The highest BCUT2D eigenvalue weighted by atomic mass is 16.3. The molecule has 9 nitrogen and oxygen atoms in total. The third kappa shape index (κ3) is 4.81. The molecular formula is C29H32N4O5. The fourth-order valence-electron chi connectivity index (χ4n) is 5.48. The van der Waals surface area contributed by atoms with Crippen LogP contribution in [0.3, 0.4) is 0 Å². The Balaban J connectivity index is 1.31. The van der Waals surface area contributed by atoms with Gasteiger partial charge in [0.15, 0.2) is 12.2 Å². The number of aromatic nitrogens is 1. The number of aliphatic hydroxyl groups excluding tert-OH is 1. The summed E-state index contributed by atoms with van der Waals surface area (Å²) in [7, 11) is 1.70. The fraction of sp³-hybridized carbons (Fsp3) is 0.379. The van der Waals surface area contributed by atoms with Crippen molar-refractivity contribution in [1.82, 2.24) is 19.7 Å². The molecule has 1 aromatic heterocycles. The predicted octanol–water partition coefficient (Wildman–Crippen LogP) is 2.94. The van der Waals surface area contributed by atoms with E-state index < -0.39 is 18.2 Å². The van der Waals surface area contributed by atoms with E-state index in [1.54, 1.807) is 29.1 Å². The summed E-state index contributed by atoms with van der Waals surface area (Å²) in [6.07, 6.45) is 2.38. The maximum Gasteiger partial charge on any atom is 0.255 e. The number of benzene rings is 2. The largest absolute Gasteiger partial charge is 0.444 e. The van der Waals surface area contributed by atoms with Crippen LogP contribution in [0, 0.1) is 5.92 Å². The number of aliphatic hydroxyl groups is 1. The molecule has 3 aromatic rings. The molecule has 0 bridgehead atoms. The van der Waals surface area contributed by atoms with Crippen LogP contribution >= 0.6 is 0 Å². The van der Waals surface area contributed by atoms with Crippen LogP contribution in [0.25, 0.3) is 11.3 Å². The normalized spacial score (nSPS) is 19.7. The first-order valence-electron chi connectivity index (χ1n) is 12.8. The van der Waals surface area contributed by atoms with Crippen LogP contribution in [-0.4, -0.2) is 74.3 Å². The molecule has 38 heavy (non-hydrogen) atoms. The van der Waals surface area contributed by atoms with Crippen LogP contribution in [0.15, 0.2) is 65.5 Å². The van der Waals surface area contributed by atoms with E-state index in [9.17, 15) is 19.5 Å². The molecule has 0 spiro atoms. The van der Waals surface area contributed by atoms with Crippen molar-refractivity contribution in [2.75, 3.05) is 13.6 Å². The van der Waals surface area contributed by atoms with Gasteiger partial charge in [0.2, 0.25) is 11.8 Å². The summed E-state index contributed by atoms with van der Waals surface area (Å²) < 4.78 is 5.33. The predicted molar refractivity (Wildman–Crippen MR) is 139 cm³/mol. The Morgan fingerprint density at radius 1 is 1.16 bits per heavy atom. The second-order valence-electron chi connectivity index (χ2n) is 10.4. The number of carbonyl (C=O) groups excluding carboxylic acids is 3. The smallest absolute Gasteiger partial charge is 0.255 e. The molecule has 2 aromatic carbocycles. The van der Waals surface area contributed by atoms with Crippen molar-refractivity contribution in [3.05, 3.63) is 77.8 Å². The quantitative estimate of drug-likeness (QED) is 0.518. The number of amides is 3. The first kappa shape index (κ1) is 25.7. The molecule has 0 aliphatic carbocycles. The van der Waals surface area contributed by atoms with Crippen molar-refractivity contribution in [2.45, 2.75) is 51.5 Å². The maximum atomic E-state index is 13.9. The number of nitrogens with zero attached hydrogens (tertiary/aromatic N) is 4. The minimum Gasteiger partial charge on any atom is -0.444 e. The average Bonchev–Trinajstić information content (AvgIpc) is 3.64. The lowest BCUT2D eigenvalue weighted by Gasteiger charge is -2.36. The Morgan fingerprint density at radius 2 is 1.89 bits per heavy atom. The monoisotopic (exact) mass is 516 g/mol. The van der Waals surface area contributed by atoms with Crippen molar-refractivity contribution >= 4 is 17.7 Å². The first-order chi connectivity index (χ1) is 18.2. The number of carbonyl (C=O) groups is 3. The van der Waals surface area contributed by atoms with Crippen molar-refractivity contribution in [3.63, 3.8) is 0 Å². The van der Waals surface area contributed by atoms with Crippen LogP contribution in [0.4, 0.5) is 0 Å². The SMILES string of the molecule is CC(C)C(C(=O)N1C[C@H](O)C[C@H]1C(=O)N(C)Cc1ccc(-c2cnco2)cc1)N1Cc2ccccc2C1=O. The van der Waals surface area contributed by atoms with E-state index in [0.717, 1.165) is 16.7 Å². The van der Waals surface area contributed by atoms with Crippen LogP contribution in [0.5, 0.6) is 0 Å². The number of likely N-dealkylation sites (N-methyl/N-ethyl adjacent to an activating group) is 1. The number of fused-ring (bicyclic) bond motifs is 1. The molecule has 0 saturated carbocycles. The summed E-state index contributed by atoms with van der Waals surface area (Å²) >= 11 is 0. The highest BCUT2D eigenvalue weighted by molar-refractivity contribution is 6.01. The van der Waals surface area contributed by atoms with Gasteiger partial charge in [0.25, 0.3) is 5.91 Å². The van der Waals surface area contributed by atoms with E-state index in [2.05, 4.69) is 4.98 Å². The van der Waals surface area contributed by atoms with Gasteiger partial charge in [-0.25, -0.2) is 4.98 Å². The molecule has 3 amide bonds. The number of β-amino-alcohol motifs (C(OH)–C–C–N with tert-alkyl or cyclic N) is 1. The van der Waals surface area contributed by atoms with Gasteiger partial charge in [0.05, 0.1) is 12.3 Å². The number of hydrogen-bond donors (Lipinski definition) is 1. The lowest BCUT2D eigenvalue weighted by atomic mass is 10.00. The Kier molecular flexibility index (Phi) is 7.03. The molecule has 9 heteroatoms. The van der Waals surface area contributed by atoms with Gasteiger partial charge < -0.3 is 24.2 Å². The lowest BCUT2D eigenvalue weighted by Crippen LogP contribution is -2.55. The molecule has 198 valence electrons. The zero-order valence-electron chi connectivity index (χ0n) is 21.8. The van der Waals surface area contributed by atoms with E-state index in [0.29, 0.717) is 24.4 Å². The first-order valence-corrected chi connectivity index (χ1v) is 12.8. The second kappa shape index (κ2) is 10.4. The van der Waals surface area contributed by atoms with Gasteiger partial charge in [-0.15, -0.1) is 0 Å². The summed E-state index contributed by atoms with van der Waals surface area (Å²) in [5.74, 6) is -0.237. The Morgan fingerprint density at radius 3 is 2.55 bits per heavy atom. The third-order valence-electron chi connectivity index (χ3n) is 7.38. The highest BCUT2D eigenvalue weighted by Gasteiger charge is 2.46. The molecule has 0 radical (unpaired) electrons. The minimum atomic E-state index is -0.804. The molecule has 1 fully saturated rings. The van der Waals surface area contributed by atoms with E-state index in [4.69, 9.17) is 4.42 Å². The Labute approximate surface area is 221 Å². The molecule has 3 atom stereocenters. The van der Waals surface area contributed by atoms with Gasteiger partial charge in [-0.05, 0) is 23.1 Å². The van der Waals surface area contributed by atoms with Gasteiger partial charge in [-0.2, -0.15) is 0 Å². The second-order valence-corrected chi connectivity index (χ2v) is 10.4. The molecule has 3 heterocycles. The van der Waals surface area contributed by atoms with E-state index in [1.165, 1.54) is 11.3 Å². The van der Waals surface area contributed by atoms with Gasteiger partial charge in [0.1, 0.15) is 12.1 Å². The van der Waals surface area contributed by atoms with Gasteiger partial charge >= 0.3 is 0 Å². The summed E-state index contributed by atoms with van der Waals surface area (Å²) in [5, 5.41) is 10.5. The molecule has 1 unspecified atom stereocenters. The Bertz CT molecular complexity index is 1320. The van der Waals surface area contributed by atoms with Crippen LogP contribution < -0.4 is 0 Å². The van der Waals surface area contributed by atoms with Gasteiger partial charge in [-0.3, -0.25) is 14.4 Å². The lowest BCUT2D eigenvalue weighted by molar-refractivity contribution is -0.147. The van der Waals surface area contributed by atoms with Gasteiger partial charge in [0, 0.05) is 44.2 Å². The van der Waals surface area contributed by atoms with Crippen molar-refractivity contribution in [3.8, 4) is 11.3 Å². The van der Waals surface area contributed by atoms with Gasteiger partial charge in [-0.1, -0.05) is 56.3 Å². The van der Waals surface area contributed by atoms with Crippen molar-refractivity contribution < 1.29 is 23.9 Å². The zero-order chi connectivity index (χ0) is 27.0. The Hall–Kier alpha value is -3.98. The zero-order valence-corrected chi connectivity index (χ0v) is 21.8. The van der Waals surface area contributed by atoms with E-state index in [1.807, 2.05) is 56.3 Å². The minimum absolute atomic E-state index is 0.0627. The average molecular weight is 517 g/mol. The van der Waals surface area contributed by atoms with Crippen molar-refractivity contribution in [1.29, 1.82) is 0 Å². The maximum absolute atomic E-state index is 13.9. The molecule has 2 aliphatic heterocycles. The standard InChI is InChI=1S/C29H32N4O5/c1-18(2)26(33-15-21-6-4-5-7-23(21)27(33)35)29(37)32-16-22(34)12-24(32)28(36)31(3)14-19-8-10-20(11-9-19)25-13-30-17-38-25/h4-11,13,17-18,22,24,26,34H,12,14-16H2,1-3H3/t22-,24+,26?/m1/s1. The highest BCUT2D eigenvalue weighted by Crippen LogP contribution is 2.30. The summed E-state index contributed by atoms with van der Waals surface area (Å²) in [5.41, 5.74) is 3.29. The van der Waals surface area contributed by atoms with E-state index >= 15 is 0 Å². The number of oxazole rings is 1.